The standard InChI is InChI=1S/C26H30N2O3/c1-30-26(29)17-12-22-18-25(21-10-6-3-7-11-21)28(27-22)23-13-15-24(16-14-23)31-19-20-8-4-2-5-9-20/h2,4-5,8-9,13-16,18,21H,3,6-7,10-12,17,19H2,1H3. The van der Waals surface area contributed by atoms with Crippen molar-refractivity contribution in [2.75, 3.05) is 7.11 Å². The Morgan fingerprint density at radius 1 is 1.03 bits per heavy atom. The second-order valence-electron chi connectivity index (χ2n) is 8.15. The lowest BCUT2D eigenvalue weighted by molar-refractivity contribution is -0.140. The molecule has 1 aromatic heterocycles. The molecule has 3 aromatic rings. The lowest BCUT2D eigenvalue weighted by atomic mass is 9.86. The minimum atomic E-state index is -0.200. The van der Waals surface area contributed by atoms with E-state index in [2.05, 4.69) is 35.0 Å². The fraction of sp³-hybridized carbons (Fsp3) is 0.385. The first kappa shape index (κ1) is 21.2. The number of carbonyl (C=O) groups excluding carboxylic acids is 1. The maximum Gasteiger partial charge on any atom is 0.305 e. The molecule has 0 unspecified atom stereocenters. The Labute approximate surface area is 184 Å². The number of rotatable bonds is 8. The molecule has 0 atom stereocenters. The molecule has 0 N–H and O–H groups in total. The van der Waals surface area contributed by atoms with Gasteiger partial charge in [-0.1, -0.05) is 49.6 Å². The topological polar surface area (TPSA) is 53.4 Å². The van der Waals surface area contributed by atoms with Crippen LogP contribution in [0.4, 0.5) is 0 Å². The van der Waals surface area contributed by atoms with Crippen molar-refractivity contribution in [1.82, 2.24) is 9.78 Å². The number of aryl methyl sites for hydroxylation is 1. The van der Waals surface area contributed by atoms with Crippen molar-refractivity contribution in [3.05, 3.63) is 77.6 Å². The summed E-state index contributed by atoms with van der Waals surface area (Å²) in [5.74, 6) is 1.15. The highest BCUT2D eigenvalue weighted by atomic mass is 16.5. The van der Waals surface area contributed by atoms with Crippen LogP contribution >= 0.6 is 0 Å². The first-order valence-electron chi connectivity index (χ1n) is 11.2. The molecule has 162 valence electrons. The summed E-state index contributed by atoms with van der Waals surface area (Å²) in [5, 5.41) is 4.85. The van der Waals surface area contributed by atoms with Crippen molar-refractivity contribution in [1.29, 1.82) is 0 Å². The van der Waals surface area contributed by atoms with Gasteiger partial charge in [-0.2, -0.15) is 5.10 Å². The summed E-state index contributed by atoms with van der Waals surface area (Å²) in [6.07, 6.45) is 7.18. The first-order chi connectivity index (χ1) is 15.2. The molecule has 0 bridgehead atoms. The molecular formula is C26H30N2O3. The second kappa shape index (κ2) is 10.3. The Morgan fingerprint density at radius 2 is 1.77 bits per heavy atom. The maximum absolute atomic E-state index is 11.6. The Hall–Kier alpha value is -3.08. The summed E-state index contributed by atoms with van der Waals surface area (Å²) in [6, 6.07) is 20.5. The van der Waals surface area contributed by atoms with Crippen molar-refractivity contribution in [3.63, 3.8) is 0 Å². The van der Waals surface area contributed by atoms with Crippen LogP contribution in [0.3, 0.4) is 0 Å². The number of hydrogen-bond donors (Lipinski definition) is 0. The molecule has 1 fully saturated rings. The highest BCUT2D eigenvalue weighted by Crippen LogP contribution is 2.34. The van der Waals surface area contributed by atoms with E-state index in [1.807, 2.05) is 30.3 Å². The van der Waals surface area contributed by atoms with Crippen LogP contribution < -0.4 is 4.74 Å². The second-order valence-corrected chi connectivity index (χ2v) is 8.15. The number of nitrogens with zero attached hydrogens (tertiary/aromatic N) is 2. The van der Waals surface area contributed by atoms with Crippen LogP contribution in [0.5, 0.6) is 5.75 Å². The van der Waals surface area contributed by atoms with Crippen molar-refractivity contribution in [2.24, 2.45) is 0 Å². The smallest absolute Gasteiger partial charge is 0.305 e. The van der Waals surface area contributed by atoms with Crippen molar-refractivity contribution < 1.29 is 14.3 Å². The van der Waals surface area contributed by atoms with Gasteiger partial charge in [0.25, 0.3) is 0 Å². The Balaban J connectivity index is 1.52. The van der Waals surface area contributed by atoms with E-state index >= 15 is 0 Å². The summed E-state index contributed by atoms with van der Waals surface area (Å²) < 4.78 is 12.8. The molecule has 1 heterocycles. The molecule has 2 aromatic carbocycles. The number of hydrogen-bond acceptors (Lipinski definition) is 4. The molecule has 31 heavy (non-hydrogen) atoms. The highest BCUT2D eigenvalue weighted by molar-refractivity contribution is 5.69. The number of carbonyl (C=O) groups is 1. The number of aromatic nitrogens is 2. The molecule has 1 saturated carbocycles. The zero-order valence-electron chi connectivity index (χ0n) is 18.1. The maximum atomic E-state index is 11.6. The van der Waals surface area contributed by atoms with Crippen molar-refractivity contribution in [2.45, 2.75) is 57.5 Å². The van der Waals surface area contributed by atoms with Gasteiger partial charge < -0.3 is 9.47 Å². The van der Waals surface area contributed by atoms with E-state index in [4.69, 9.17) is 14.6 Å². The largest absolute Gasteiger partial charge is 0.489 e. The van der Waals surface area contributed by atoms with Crippen LogP contribution in [-0.4, -0.2) is 22.9 Å². The summed E-state index contributed by atoms with van der Waals surface area (Å²) >= 11 is 0. The number of ether oxygens (including phenoxy) is 2. The SMILES string of the molecule is COC(=O)CCc1cc(C2CCCCC2)n(-c2ccc(OCc3ccccc3)cc2)n1. The predicted octanol–water partition coefficient (Wildman–Crippen LogP) is 5.60. The fourth-order valence-electron chi connectivity index (χ4n) is 4.22. The molecular weight excluding hydrogens is 388 g/mol. The van der Waals surface area contributed by atoms with E-state index in [9.17, 15) is 4.79 Å². The van der Waals surface area contributed by atoms with E-state index in [1.165, 1.54) is 44.9 Å². The van der Waals surface area contributed by atoms with E-state index in [1.54, 1.807) is 0 Å². The van der Waals surface area contributed by atoms with Crippen LogP contribution in [-0.2, 0) is 22.6 Å². The van der Waals surface area contributed by atoms with Crippen LogP contribution in [0.15, 0.2) is 60.7 Å². The summed E-state index contributed by atoms with van der Waals surface area (Å²) in [5.41, 5.74) is 4.36. The minimum Gasteiger partial charge on any atom is -0.489 e. The van der Waals surface area contributed by atoms with E-state index in [-0.39, 0.29) is 5.97 Å². The van der Waals surface area contributed by atoms with Crippen LogP contribution in [0, 0.1) is 0 Å². The van der Waals surface area contributed by atoms with Gasteiger partial charge in [0.1, 0.15) is 12.4 Å². The predicted molar refractivity (Wildman–Crippen MR) is 121 cm³/mol. The lowest BCUT2D eigenvalue weighted by Crippen LogP contribution is -2.11. The molecule has 5 nitrogen and oxygen atoms in total. The Morgan fingerprint density at radius 3 is 2.48 bits per heavy atom. The van der Waals surface area contributed by atoms with Crippen LogP contribution in [0.1, 0.15) is 61.4 Å². The van der Waals surface area contributed by atoms with Gasteiger partial charge in [-0.05, 0) is 48.7 Å². The molecule has 5 heteroatoms. The number of benzene rings is 2. The molecule has 4 rings (SSSR count). The normalized spacial score (nSPS) is 14.4. The van der Waals surface area contributed by atoms with Crippen LogP contribution in [0.2, 0.25) is 0 Å². The summed E-state index contributed by atoms with van der Waals surface area (Å²) in [7, 11) is 1.43. The molecule has 0 radical (unpaired) electrons. The molecule has 0 aliphatic heterocycles. The zero-order valence-corrected chi connectivity index (χ0v) is 18.1. The van der Waals surface area contributed by atoms with Gasteiger partial charge in [0.15, 0.2) is 0 Å². The lowest BCUT2D eigenvalue weighted by Gasteiger charge is -2.22. The molecule has 0 saturated heterocycles. The van der Waals surface area contributed by atoms with Gasteiger partial charge >= 0.3 is 5.97 Å². The Kier molecular flexibility index (Phi) is 7.03. The third-order valence-electron chi connectivity index (χ3n) is 5.95. The third-order valence-corrected chi connectivity index (χ3v) is 5.95. The highest BCUT2D eigenvalue weighted by Gasteiger charge is 2.22. The van der Waals surface area contributed by atoms with E-state index in [0.29, 0.717) is 25.4 Å². The van der Waals surface area contributed by atoms with E-state index in [0.717, 1.165) is 22.7 Å². The van der Waals surface area contributed by atoms with E-state index < -0.39 is 0 Å². The number of esters is 1. The average Bonchev–Trinajstić information content (AvgIpc) is 3.27. The molecule has 1 aliphatic rings. The van der Waals surface area contributed by atoms with Crippen molar-refractivity contribution >= 4 is 5.97 Å². The molecule has 0 amide bonds. The molecule has 0 spiro atoms. The fourth-order valence-corrected chi connectivity index (χ4v) is 4.22. The van der Waals surface area contributed by atoms with Gasteiger partial charge in [-0.15, -0.1) is 0 Å². The van der Waals surface area contributed by atoms with Crippen molar-refractivity contribution in [3.8, 4) is 11.4 Å². The van der Waals surface area contributed by atoms with Gasteiger partial charge in [0.2, 0.25) is 0 Å². The monoisotopic (exact) mass is 418 g/mol. The van der Waals surface area contributed by atoms with Gasteiger partial charge in [-0.3, -0.25) is 4.79 Å². The Bertz CT molecular complexity index is 974. The third kappa shape index (κ3) is 5.54. The summed E-state index contributed by atoms with van der Waals surface area (Å²) in [6.45, 7) is 0.549. The van der Waals surface area contributed by atoms with Gasteiger partial charge in [0.05, 0.1) is 24.9 Å². The summed E-state index contributed by atoms with van der Waals surface area (Å²) in [4.78, 5) is 11.6. The zero-order chi connectivity index (χ0) is 21.5. The number of methoxy groups -OCH3 is 1. The average molecular weight is 419 g/mol. The minimum absolute atomic E-state index is 0.200. The first-order valence-corrected chi connectivity index (χ1v) is 11.2. The molecule has 1 aliphatic carbocycles. The quantitative estimate of drug-likeness (QED) is 0.447. The van der Waals surface area contributed by atoms with Crippen LogP contribution in [0.25, 0.3) is 5.69 Å². The van der Waals surface area contributed by atoms with Gasteiger partial charge in [0, 0.05) is 18.0 Å². The van der Waals surface area contributed by atoms with Gasteiger partial charge in [-0.25, -0.2) is 4.68 Å².